The van der Waals surface area contributed by atoms with Crippen LogP contribution in [0.2, 0.25) is 0 Å². The summed E-state index contributed by atoms with van der Waals surface area (Å²) in [6, 6.07) is 34.5. The molecule has 0 bridgehead atoms. The molecular weight excluding hydrogens is 530 g/mol. The maximum absolute atomic E-state index is 12.0. The van der Waals surface area contributed by atoms with Crippen LogP contribution in [0.1, 0.15) is 49.7 Å². The Labute approximate surface area is 247 Å². The Balaban J connectivity index is 1.54. The van der Waals surface area contributed by atoms with E-state index in [-0.39, 0.29) is 24.5 Å². The van der Waals surface area contributed by atoms with Crippen LogP contribution in [0.3, 0.4) is 0 Å². The van der Waals surface area contributed by atoms with Crippen molar-refractivity contribution in [1.29, 1.82) is 0 Å². The number of methoxy groups -OCH3 is 2. The molecule has 218 valence electrons. The van der Waals surface area contributed by atoms with Crippen LogP contribution in [-0.2, 0) is 16.0 Å². The average molecular weight is 568 g/mol. The van der Waals surface area contributed by atoms with Gasteiger partial charge in [0.2, 0.25) is 0 Å². The molecule has 42 heavy (non-hydrogen) atoms. The van der Waals surface area contributed by atoms with Crippen molar-refractivity contribution in [2.45, 2.75) is 25.0 Å². The summed E-state index contributed by atoms with van der Waals surface area (Å²) in [7, 11) is 2.73. The number of aliphatic hydroxyl groups excluding tert-OH is 1. The van der Waals surface area contributed by atoms with Gasteiger partial charge >= 0.3 is 11.9 Å². The van der Waals surface area contributed by atoms with Crippen LogP contribution in [-0.4, -0.2) is 62.0 Å². The van der Waals surface area contributed by atoms with E-state index in [1.54, 1.807) is 24.3 Å². The van der Waals surface area contributed by atoms with E-state index in [1.165, 1.54) is 14.2 Å². The zero-order valence-corrected chi connectivity index (χ0v) is 24.0. The number of hydrogen-bond acceptors (Lipinski definition) is 7. The largest absolute Gasteiger partial charge is 0.491 e. The Kier molecular flexibility index (Phi) is 11.3. The molecule has 0 aliphatic heterocycles. The van der Waals surface area contributed by atoms with Gasteiger partial charge in [0.05, 0.1) is 25.3 Å². The molecule has 0 aliphatic rings. The highest BCUT2D eigenvalue weighted by molar-refractivity contribution is 5.89. The van der Waals surface area contributed by atoms with Gasteiger partial charge < -0.3 is 19.3 Å². The zero-order chi connectivity index (χ0) is 29.7. The SMILES string of the molecule is COC(=O)c1ccc(C(CCN(Cc2ccccc2)C[C@H](O)COc2ccccc2)c2ccc(C(=O)OC)cc2)cc1. The molecule has 4 aromatic rings. The van der Waals surface area contributed by atoms with E-state index in [0.29, 0.717) is 30.8 Å². The van der Waals surface area contributed by atoms with E-state index in [1.807, 2.05) is 72.8 Å². The summed E-state index contributed by atoms with van der Waals surface area (Å²) in [6.07, 6.45) is 0.0415. The minimum atomic E-state index is -0.689. The number of aliphatic hydroxyl groups is 1. The summed E-state index contributed by atoms with van der Waals surface area (Å²) in [4.78, 5) is 26.3. The molecule has 0 aromatic heterocycles. The van der Waals surface area contributed by atoms with Gasteiger partial charge in [-0.2, -0.15) is 0 Å². The molecule has 0 heterocycles. The van der Waals surface area contributed by atoms with Crippen molar-refractivity contribution >= 4 is 11.9 Å². The van der Waals surface area contributed by atoms with Crippen LogP contribution in [0, 0.1) is 0 Å². The van der Waals surface area contributed by atoms with E-state index in [2.05, 4.69) is 17.0 Å². The van der Waals surface area contributed by atoms with Gasteiger partial charge in [0.25, 0.3) is 0 Å². The molecule has 1 N–H and O–H groups in total. The van der Waals surface area contributed by atoms with Crippen LogP contribution >= 0.6 is 0 Å². The van der Waals surface area contributed by atoms with Crippen molar-refractivity contribution in [2.75, 3.05) is 33.9 Å². The molecule has 7 heteroatoms. The summed E-state index contributed by atoms with van der Waals surface area (Å²) < 4.78 is 15.5. The molecule has 4 rings (SSSR count). The first-order chi connectivity index (χ1) is 20.5. The highest BCUT2D eigenvalue weighted by Crippen LogP contribution is 2.30. The molecule has 0 fully saturated rings. The molecule has 0 unspecified atom stereocenters. The lowest BCUT2D eigenvalue weighted by molar-refractivity contribution is 0.0592. The van der Waals surface area contributed by atoms with E-state index < -0.39 is 6.10 Å². The molecule has 0 saturated heterocycles. The van der Waals surface area contributed by atoms with Crippen molar-refractivity contribution in [3.05, 3.63) is 137 Å². The monoisotopic (exact) mass is 567 g/mol. The number of nitrogens with zero attached hydrogens (tertiary/aromatic N) is 1. The summed E-state index contributed by atoms with van der Waals surface area (Å²) in [6.45, 7) is 1.96. The molecule has 1 atom stereocenters. The van der Waals surface area contributed by atoms with Gasteiger partial charge in [-0.1, -0.05) is 72.8 Å². The lowest BCUT2D eigenvalue weighted by Crippen LogP contribution is -2.36. The Hall–Kier alpha value is -4.46. The number of para-hydroxylation sites is 1. The van der Waals surface area contributed by atoms with Crippen molar-refractivity contribution in [1.82, 2.24) is 4.90 Å². The Morgan fingerprint density at radius 2 is 1.21 bits per heavy atom. The third kappa shape index (κ3) is 8.77. The van der Waals surface area contributed by atoms with Crippen LogP contribution < -0.4 is 4.74 Å². The Bertz CT molecular complexity index is 1330. The first-order valence-electron chi connectivity index (χ1n) is 14.0. The minimum Gasteiger partial charge on any atom is -0.491 e. The minimum absolute atomic E-state index is 0.0284. The first-order valence-corrected chi connectivity index (χ1v) is 14.0. The molecule has 4 aromatic carbocycles. The molecule has 0 amide bonds. The summed E-state index contributed by atoms with van der Waals surface area (Å²) in [5, 5.41) is 10.9. The van der Waals surface area contributed by atoms with Crippen molar-refractivity contribution in [2.24, 2.45) is 0 Å². The maximum Gasteiger partial charge on any atom is 0.337 e. The molecular formula is C35H37NO6. The topological polar surface area (TPSA) is 85.3 Å². The number of carbonyl (C=O) groups excluding carboxylic acids is 2. The number of esters is 2. The van der Waals surface area contributed by atoms with Crippen LogP contribution in [0.15, 0.2) is 109 Å². The predicted molar refractivity (Wildman–Crippen MR) is 162 cm³/mol. The van der Waals surface area contributed by atoms with Crippen molar-refractivity contribution < 1.29 is 28.9 Å². The molecule has 0 aliphatic carbocycles. The number of ether oxygens (including phenoxy) is 3. The summed E-state index contributed by atoms with van der Waals surface area (Å²) in [5.41, 5.74) is 4.17. The number of rotatable bonds is 14. The highest BCUT2D eigenvalue weighted by atomic mass is 16.5. The van der Waals surface area contributed by atoms with Gasteiger partial charge in [-0.15, -0.1) is 0 Å². The van der Waals surface area contributed by atoms with Gasteiger partial charge in [-0.25, -0.2) is 9.59 Å². The lowest BCUT2D eigenvalue weighted by Gasteiger charge is -2.28. The number of hydrogen-bond donors (Lipinski definition) is 1. The predicted octanol–water partition coefficient (Wildman–Crippen LogP) is 5.72. The lowest BCUT2D eigenvalue weighted by atomic mass is 9.87. The van der Waals surface area contributed by atoms with E-state index in [9.17, 15) is 14.7 Å². The van der Waals surface area contributed by atoms with Crippen molar-refractivity contribution in [3.8, 4) is 5.75 Å². The van der Waals surface area contributed by atoms with Crippen LogP contribution in [0.4, 0.5) is 0 Å². The van der Waals surface area contributed by atoms with Gasteiger partial charge in [0.15, 0.2) is 0 Å². The number of carbonyl (C=O) groups is 2. The normalized spacial score (nSPS) is 11.7. The summed E-state index contributed by atoms with van der Waals surface area (Å²) >= 11 is 0. The molecule has 0 saturated carbocycles. The second-order valence-electron chi connectivity index (χ2n) is 10.1. The smallest absolute Gasteiger partial charge is 0.337 e. The van der Waals surface area contributed by atoms with Gasteiger partial charge in [0, 0.05) is 19.0 Å². The van der Waals surface area contributed by atoms with Crippen molar-refractivity contribution in [3.63, 3.8) is 0 Å². The first kappa shape index (κ1) is 30.5. The van der Waals surface area contributed by atoms with Gasteiger partial charge in [0.1, 0.15) is 18.5 Å². The Morgan fingerprint density at radius 3 is 1.71 bits per heavy atom. The van der Waals surface area contributed by atoms with E-state index >= 15 is 0 Å². The third-order valence-corrected chi connectivity index (χ3v) is 7.11. The highest BCUT2D eigenvalue weighted by Gasteiger charge is 2.20. The fourth-order valence-electron chi connectivity index (χ4n) is 4.91. The van der Waals surface area contributed by atoms with Gasteiger partial charge in [-0.05, 0) is 66.1 Å². The fraction of sp³-hybridized carbons (Fsp3) is 0.257. The molecule has 7 nitrogen and oxygen atoms in total. The van der Waals surface area contributed by atoms with E-state index in [0.717, 1.165) is 28.9 Å². The third-order valence-electron chi connectivity index (χ3n) is 7.11. The van der Waals surface area contributed by atoms with Crippen LogP contribution in [0.5, 0.6) is 5.75 Å². The number of benzene rings is 4. The zero-order valence-electron chi connectivity index (χ0n) is 24.0. The second-order valence-corrected chi connectivity index (χ2v) is 10.1. The average Bonchev–Trinajstić information content (AvgIpc) is 3.04. The Morgan fingerprint density at radius 1 is 0.714 bits per heavy atom. The van der Waals surface area contributed by atoms with Gasteiger partial charge in [-0.3, -0.25) is 4.90 Å². The quantitative estimate of drug-likeness (QED) is 0.195. The standard InChI is InChI=1S/C35H37NO6/c1-40-34(38)29-17-13-27(14-18-29)33(28-15-19-30(20-16-28)35(39)41-2)21-22-36(23-26-9-5-3-6-10-26)24-31(37)25-42-32-11-7-4-8-12-32/h3-20,31,33,37H,21-25H2,1-2H3/t31-/m0/s1. The summed E-state index contributed by atoms with van der Waals surface area (Å²) in [5.74, 6) is -0.0843. The maximum atomic E-state index is 12.0. The molecule has 0 spiro atoms. The second kappa shape index (κ2) is 15.5. The molecule has 0 radical (unpaired) electrons. The fourth-order valence-corrected chi connectivity index (χ4v) is 4.91. The van der Waals surface area contributed by atoms with E-state index in [4.69, 9.17) is 14.2 Å². The van der Waals surface area contributed by atoms with Crippen LogP contribution in [0.25, 0.3) is 0 Å².